The molecular weight excluding hydrogens is 428 g/mol. The molecule has 0 spiro atoms. The molecule has 6 nitrogen and oxygen atoms in total. The van der Waals surface area contributed by atoms with Crippen LogP contribution in [-0.2, 0) is 9.84 Å². The maximum Gasteiger partial charge on any atom is 0.255 e. The van der Waals surface area contributed by atoms with Crippen LogP contribution in [0.15, 0.2) is 41.3 Å². The molecule has 2 aromatic rings. The van der Waals surface area contributed by atoms with Gasteiger partial charge in [0.05, 0.1) is 27.9 Å². The zero-order valence-electron chi connectivity index (χ0n) is 15.0. The second kappa shape index (κ2) is 7.98. The highest BCUT2D eigenvalue weighted by molar-refractivity contribution is 7.91. The fourth-order valence-electron chi connectivity index (χ4n) is 3.32. The Morgan fingerprint density at radius 2 is 1.86 bits per heavy atom. The summed E-state index contributed by atoms with van der Waals surface area (Å²) in [5, 5.41) is 21.2. The maximum absolute atomic E-state index is 13.3. The fraction of sp³-hybridized carbons (Fsp3) is 0.316. The molecule has 0 bridgehead atoms. The number of carbonyl (C=O) groups excluding carboxylic acids is 1. The van der Waals surface area contributed by atoms with Gasteiger partial charge in [-0.25, -0.2) is 17.2 Å². The van der Waals surface area contributed by atoms with E-state index >= 15 is 0 Å². The van der Waals surface area contributed by atoms with Crippen LogP contribution in [0.3, 0.4) is 0 Å². The third-order valence-corrected chi connectivity index (χ3v) is 7.15. The molecule has 0 unspecified atom stereocenters. The topological polar surface area (TPSA) is 104 Å². The van der Waals surface area contributed by atoms with Gasteiger partial charge in [-0.2, -0.15) is 0 Å². The first-order valence-electron chi connectivity index (χ1n) is 8.65. The summed E-state index contributed by atoms with van der Waals surface area (Å²) in [6, 6.07) is 6.52. The molecule has 2 aromatic carbocycles. The van der Waals surface area contributed by atoms with E-state index in [1.54, 1.807) is 0 Å². The van der Waals surface area contributed by atoms with Crippen LogP contribution >= 0.6 is 11.6 Å². The van der Waals surface area contributed by atoms with E-state index in [1.165, 1.54) is 18.2 Å². The largest absolute Gasteiger partial charge is 0.393 e. The van der Waals surface area contributed by atoms with E-state index in [1.807, 2.05) is 0 Å². The van der Waals surface area contributed by atoms with Crippen LogP contribution in [0.2, 0.25) is 5.02 Å². The first kappa shape index (κ1) is 21.6. The smallest absolute Gasteiger partial charge is 0.255 e. The zero-order valence-corrected chi connectivity index (χ0v) is 16.6. The fourth-order valence-corrected chi connectivity index (χ4v) is 5.50. The first-order valence-corrected chi connectivity index (χ1v) is 10.7. The molecule has 3 rings (SSSR count). The minimum absolute atomic E-state index is 0.00557. The van der Waals surface area contributed by atoms with Crippen molar-refractivity contribution in [1.29, 1.82) is 0 Å². The number of sulfone groups is 1. The molecule has 29 heavy (non-hydrogen) atoms. The second-order valence-corrected chi connectivity index (χ2v) is 9.58. The Labute approximate surface area is 171 Å². The third kappa shape index (κ3) is 4.75. The van der Waals surface area contributed by atoms with E-state index in [2.05, 4.69) is 5.32 Å². The van der Waals surface area contributed by atoms with Crippen molar-refractivity contribution in [3.63, 3.8) is 0 Å². The van der Waals surface area contributed by atoms with Crippen molar-refractivity contribution in [1.82, 2.24) is 0 Å². The summed E-state index contributed by atoms with van der Waals surface area (Å²) >= 11 is 6.02. The van der Waals surface area contributed by atoms with Crippen molar-refractivity contribution in [2.45, 2.75) is 23.3 Å². The predicted octanol–water partition coefficient (Wildman–Crippen LogP) is 2.78. The Hall–Kier alpha value is -2.07. The molecule has 0 aromatic heterocycles. The standard InChI is InChI=1S/C19H18ClF2NO5S/c20-14-3-1-12(18(25)23-13-2-4-15(21)16(22)6-13)5-17(14)29(27,28)9-11-7-19(26,8-11)10-24/h1-6,11,24,26H,7-10H2,(H,23,25). The van der Waals surface area contributed by atoms with Crippen LogP contribution in [0, 0.1) is 17.6 Å². The van der Waals surface area contributed by atoms with Crippen molar-refractivity contribution < 1.29 is 32.2 Å². The molecule has 0 aliphatic heterocycles. The Bertz CT molecular complexity index is 1050. The Morgan fingerprint density at radius 1 is 1.17 bits per heavy atom. The summed E-state index contributed by atoms with van der Waals surface area (Å²) in [7, 11) is -3.86. The van der Waals surface area contributed by atoms with Crippen molar-refractivity contribution in [3.8, 4) is 0 Å². The van der Waals surface area contributed by atoms with Crippen LogP contribution in [0.5, 0.6) is 0 Å². The minimum Gasteiger partial charge on any atom is -0.393 e. The molecule has 10 heteroatoms. The molecule has 0 saturated heterocycles. The number of benzene rings is 2. The monoisotopic (exact) mass is 445 g/mol. The number of amides is 1. The summed E-state index contributed by atoms with van der Waals surface area (Å²) < 4.78 is 51.7. The molecule has 1 saturated carbocycles. The van der Waals surface area contributed by atoms with Crippen molar-refractivity contribution in [3.05, 3.63) is 58.6 Å². The lowest BCUT2D eigenvalue weighted by atomic mass is 9.72. The normalized spacial score (nSPS) is 21.5. The summed E-state index contributed by atoms with van der Waals surface area (Å²) in [5.41, 5.74) is -1.28. The van der Waals surface area contributed by atoms with Crippen LogP contribution in [0.4, 0.5) is 14.5 Å². The number of carbonyl (C=O) groups is 1. The number of hydrogen-bond acceptors (Lipinski definition) is 5. The summed E-state index contributed by atoms with van der Waals surface area (Å²) in [6.07, 6.45) is 0.299. The van der Waals surface area contributed by atoms with E-state index in [0.717, 1.165) is 18.2 Å². The lowest BCUT2D eigenvalue weighted by Gasteiger charge is -2.42. The average Bonchev–Trinajstić information content (AvgIpc) is 2.63. The molecular formula is C19H18ClF2NO5S. The number of aliphatic hydroxyl groups is 2. The van der Waals surface area contributed by atoms with Crippen LogP contribution in [0.1, 0.15) is 23.2 Å². The van der Waals surface area contributed by atoms with Gasteiger partial charge in [0.2, 0.25) is 0 Å². The van der Waals surface area contributed by atoms with Gasteiger partial charge in [-0.1, -0.05) is 11.6 Å². The molecule has 1 fully saturated rings. The van der Waals surface area contributed by atoms with E-state index in [0.29, 0.717) is 0 Å². The Kier molecular flexibility index (Phi) is 5.96. The predicted molar refractivity (Wildman–Crippen MR) is 103 cm³/mol. The molecule has 1 aliphatic rings. The highest BCUT2D eigenvalue weighted by atomic mass is 35.5. The van der Waals surface area contributed by atoms with Gasteiger partial charge in [0.25, 0.3) is 5.91 Å². The number of aliphatic hydroxyl groups excluding tert-OH is 1. The number of hydrogen-bond donors (Lipinski definition) is 3. The van der Waals surface area contributed by atoms with Crippen molar-refractivity contribution in [2.24, 2.45) is 5.92 Å². The lowest BCUT2D eigenvalue weighted by molar-refractivity contribution is -0.101. The van der Waals surface area contributed by atoms with Crippen LogP contribution in [0.25, 0.3) is 0 Å². The van der Waals surface area contributed by atoms with Gasteiger partial charge in [0, 0.05) is 17.3 Å². The van der Waals surface area contributed by atoms with E-state index in [-0.39, 0.29) is 45.7 Å². The number of halogens is 3. The minimum atomic E-state index is -3.86. The highest BCUT2D eigenvalue weighted by Crippen LogP contribution is 2.39. The van der Waals surface area contributed by atoms with Gasteiger partial charge in [0.1, 0.15) is 0 Å². The SMILES string of the molecule is O=C(Nc1ccc(F)c(F)c1)c1ccc(Cl)c(S(=O)(=O)CC2CC(O)(CO)C2)c1. The quantitative estimate of drug-likeness (QED) is 0.634. The molecule has 1 amide bonds. The number of anilines is 1. The van der Waals surface area contributed by atoms with Crippen LogP contribution < -0.4 is 5.32 Å². The van der Waals surface area contributed by atoms with Gasteiger partial charge in [-0.3, -0.25) is 4.79 Å². The second-order valence-electron chi connectivity index (χ2n) is 7.17. The summed E-state index contributed by atoms with van der Waals surface area (Å²) in [4.78, 5) is 12.1. The molecule has 0 atom stereocenters. The van der Waals surface area contributed by atoms with Gasteiger partial charge >= 0.3 is 0 Å². The molecule has 3 N–H and O–H groups in total. The van der Waals surface area contributed by atoms with Gasteiger partial charge in [-0.15, -0.1) is 0 Å². The molecule has 0 radical (unpaired) electrons. The zero-order chi connectivity index (χ0) is 21.4. The number of rotatable bonds is 6. The van der Waals surface area contributed by atoms with Crippen molar-refractivity contribution >= 4 is 33.0 Å². The van der Waals surface area contributed by atoms with E-state index in [4.69, 9.17) is 16.7 Å². The highest BCUT2D eigenvalue weighted by Gasteiger charge is 2.44. The molecule has 0 heterocycles. The molecule has 156 valence electrons. The third-order valence-electron chi connectivity index (χ3n) is 4.79. The maximum atomic E-state index is 13.3. The van der Waals surface area contributed by atoms with Crippen LogP contribution in [-0.4, -0.2) is 42.5 Å². The van der Waals surface area contributed by atoms with E-state index in [9.17, 15) is 27.1 Å². The summed E-state index contributed by atoms with van der Waals surface area (Å²) in [5.74, 6) is -3.55. The Morgan fingerprint density at radius 3 is 2.48 bits per heavy atom. The lowest BCUT2D eigenvalue weighted by Crippen LogP contribution is -2.49. The average molecular weight is 446 g/mol. The first-order chi connectivity index (χ1) is 13.5. The van der Waals surface area contributed by atoms with Crippen molar-refractivity contribution in [2.75, 3.05) is 17.7 Å². The summed E-state index contributed by atoms with van der Waals surface area (Å²) in [6.45, 7) is -0.441. The van der Waals surface area contributed by atoms with Gasteiger partial charge in [-0.05, 0) is 49.1 Å². The number of nitrogens with one attached hydrogen (secondary N) is 1. The molecule has 1 aliphatic carbocycles. The van der Waals surface area contributed by atoms with Gasteiger partial charge in [0.15, 0.2) is 21.5 Å². The Balaban J connectivity index is 1.78. The van der Waals surface area contributed by atoms with Gasteiger partial charge < -0.3 is 15.5 Å². The van der Waals surface area contributed by atoms with E-state index < -0.39 is 39.6 Å².